The summed E-state index contributed by atoms with van der Waals surface area (Å²) in [6, 6.07) is 21.5. The van der Waals surface area contributed by atoms with Crippen molar-refractivity contribution in [3.63, 3.8) is 0 Å². The maximum Gasteiger partial charge on any atom is 0.0464 e. The molecule has 0 amide bonds. The van der Waals surface area contributed by atoms with Crippen LogP contribution >= 0.6 is 22.6 Å². The van der Waals surface area contributed by atoms with Crippen LogP contribution in [-0.2, 0) is 0 Å². The Morgan fingerprint density at radius 3 is 1.96 bits per heavy atom. The molecule has 0 aliphatic heterocycles. The van der Waals surface area contributed by atoms with Crippen LogP contribution in [0.2, 0.25) is 0 Å². The van der Waals surface area contributed by atoms with Crippen molar-refractivity contribution < 1.29 is 0 Å². The lowest BCUT2D eigenvalue weighted by atomic mass is 10.0. The number of aryl methyl sites for hydroxylation is 3. The van der Waals surface area contributed by atoms with Gasteiger partial charge in [-0.05, 0) is 72.2 Å². The number of hydrogen-bond donors (Lipinski definition) is 1. The highest BCUT2D eigenvalue weighted by atomic mass is 127. The lowest BCUT2D eigenvalue weighted by Gasteiger charge is -2.17. The van der Waals surface area contributed by atoms with E-state index in [1.54, 1.807) is 0 Å². The normalized spacial score (nSPS) is 10.6. The van der Waals surface area contributed by atoms with Crippen LogP contribution in [0.5, 0.6) is 0 Å². The summed E-state index contributed by atoms with van der Waals surface area (Å²) in [6.45, 7) is 6.47. The Morgan fingerprint density at radius 1 is 0.739 bits per heavy atom. The summed E-state index contributed by atoms with van der Waals surface area (Å²) in [6.07, 6.45) is 0. The van der Waals surface area contributed by atoms with E-state index in [9.17, 15) is 0 Å². The molecule has 3 rings (SSSR count). The Kier molecular flexibility index (Phi) is 4.71. The summed E-state index contributed by atoms with van der Waals surface area (Å²) in [5, 5.41) is 3.66. The fraction of sp³-hybridized carbons (Fsp3) is 0.143. The highest BCUT2D eigenvalue weighted by Gasteiger charge is 2.10. The standard InChI is InChI=1S/C21H20IN/c1-14-12-15(2)21(16(3)13-14)23-20-11-7-5-9-18(20)17-8-4-6-10-19(17)22/h4-13,23H,1-3H3. The van der Waals surface area contributed by atoms with E-state index in [0.29, 0.717) is 0 Å². The summed E-state index contributed by atoms with van der Waals surface area (Å²) < 4.78 is 1.26. The van der Waals surface area contributed by atoms with Crippen molar-refractivity contribution in [1.82, 2.24) is 0 Å². The number of anilines is 2. The largest absolute Gasteiger partial charge is 0.355 e. The predicted molar refractivity (Wildman–Crippen MR) is 109 cm³/mol. The fourth-order valence-electron chi connectivity index (χ4n) is 3.02. The van der Waals surface area contributed by atoms with Crippen LogP contribution in [0.25, 0.3) is 11.1 Å². The maximum absolute atomic E-state index is 3.66. The van der Waals surface area contributed by atoms with Gasteiger partial charge in [0.25, 0.3) is 0 Å². The van der Waals surface area contributed by atoms with Gasteiger partial charge in [0.15, 0.2) is 0 Å². The van der Waals surface area contributed by atoms with Gasteiger partial charge in [-0.2, -0.15) is 0 Å². The Morgan fingerprint density at radius 2 is 1.30 bits per heavy atom. The molecular formula is C21H20IN. The van der Waals surface area contributed by atoms with Gasteiger partial charge in [-0.3, -0.25) is 0 Å². The monoisotopic (exact) mass is 413 g/mol. The second-order valence-electron chi connectivity index (χ2n) is 5.92. The summed E-state index contributed by atoms with van der Waals surface area (Å²) in [5.41, 5.74) is 8.70. The highest BCUT2D eigenvalue weighted by Crippen LogP contribution is 2.34. The molecule has 0 bridgehead atoms. The first-order chi connectivity index (χ1) is 11.1. The van der Waals surface area contributed by atoms with Gasteiger partial charge >= 0.3 is 0 Å². The van der Waals surface area contributed by atoms with Crippen LogP contribution < -0.4 is 5.32 Å². The summed E-state index contributed by atoms with van der Waals surface area (Å²) in [7, 11) is 0. The zero-order valence-electron chi connectivity index (χ0n) is 13.7. The predicted octanol–water partition coefficient (Wildman–Crippen LogP) is 6.63. The third kappa shape index (κ3) is 3.42. The van der Waals surface area contributed by atoms with Crippen LogP contribution in [0, 0.1) is 24.3 Å². The Bertz CT molecular complexity index is 829. The van der Waals surface area contributed by atoms with Crippen molar-refractivity contribution in [2.75, 3.05) is 5.32 Å². The summed E-state index contributed by atoms with van der Waals surface area (Å²) in [5.74, 6) is 0. The number of benzene rings is 3. The molecular weight excluding hydrogens is 393 g/mol. The second kappa shape index (κ2) is 6.75. The number of hydrogen-bond acceptors (Lipinski definition) is 1. The summed E-state index contributed by atoms with van der Waals surface area (Å²) >= 11 is 2.40. The van der Waals surface area contributed by atoms with Crippen molar-refractivity contribution in [1.29, 1.82) is 0 Å². The molecule has 3 aromatic carbocycles. The third-order valence-electron chi connectivity index (χ3n) is 4.03. The average molecular weight is 413 g/mol. The maximum atomic E-state index is 3.66. The lowest BCUT2D eigenvalue weighted by Crippen LogP contribution is -1.99. The molecule has 0 saturated carbocycles. The molecule has 0 aromatic heterocycles. The van der Waals surface area contributed by atoms with Crippen LogP contribution in [0.1, 0.15) is 16.7 Å². The van der Waals surface area contributed by atoms with Crippen LogP contribution in [0.4, 0.5) is 11.4 Å². The summed E-state index contributed by atoms with van der Waals surface area (Å²) in [4.78, 5) is 0. The van der Waals surface area contributed by atoms with Crippen LogP contribution in [0.3, 0.4) is 0 Å². The van der Waals surface area contributed by atoms with E-state index >= 15 is 0 Å². The SMILES string of the molecule is Cc1cc(C)c(Nc2ccccc2-c2ccccc2I)c(C)c1. The molecule has 116 valence electrons. The molecule has 0 fully saturated rings. The first kappa shape index (κ1) is 16.1. The van der Waals surface area contributed by atoms with E-state index in [4.69, 9.17) is 0 Å². The molecule has 0 heterocycles. The Hall–Kier alpha value is -1.81. The van der Waals surface area contributed by atoms with Gasteiger partial charge < -0.3 is 5.32 Å². The molecule has 1 nitrogen and oxygen atoms in total. The number of para-hydroxylation sites is 1. The minimum absolute atomic E-state index is 1.15. The number of rotatable bonds is 3. The van der Waals surface area contributed by atoms with Gasteiger partial charge in [0.1, 0.15) is 0 Å². The molecule has 0 aliphatic rings. The molecule has 0 atom stereocenters. The first-order valence-electron chi connectivity index (χ1n) is 7.75. The van der Waals surface area contributed by atoms with Gasteiger partial charge in [0.05, 0.1) is 0 Å². The fourth-order valence-corrected chi connectivity index (χ4v) is 3.70. The van der Waals surface area contributed by atoms with Gasteiger partial charge in [-0.25, -0.2) is 0 Å². The van der Waals surface area contributed by atoms with Gasteiger partial charge in [0.2, 0.25) is 0 Å². The Balaban J connectivity index is 2.08. The molecule has 0 unspecified atom stereocenters. The van der Waals surface area contributed by atoms with Gasteiger partial charge in [0, 0.05) is 20.5 Å². The highest BCUT2D eigenvalue weighted by molar-refractivity contribution is 14.1. The molecule has 23 heavy (non-hydrogen) atoms. The number of halogens is 1. The van der Waals surface area contributed by atoms with E-state index in [2.05, 4.69) is 109 Å². The second-order valence-corrected chi connectivity index (χ2v) is 7.09. The molecule has 1 N–H and O–H groups in total. The minimum Gasteiger partial charge on any atom is -0.355 e. The smallest absolute Gasteiger partial charge is 0.0464 e. The molecule has 0 spiro atoms. The zero-order valence-corrected chi connectivity index (χ0v) is 15.8. The molecule has 0 saturated heterocycles. The van der Waals surface area contributed by atoms with Crippen molar-refractivity contribution in [2.45, 2.75) is 20.8 Å². The third-order valence-corrected chi connectivity index (χ3v) is 4.97. The van der Waals surface area contributed by atoms with Crippen LogP contribution in [-0.4, -0.2) is 0 Å². The molecule has 2 heteroatoms. The van der Waals surface area contributed by atoms with Gasteiger partial charge in [-0.15, -0.1) is 0 Å². The molecule has 3 aromatic rings. The number of nitrogens with one attached hydrogen (secondary N) is 1. The van der Waals surface area contributed by atoms with Gasteiger partial charge in [-0.1, -0.05) is 54.1 Å². The molecule has 0 radical (unpaired) electrons. The quantitative estimate of drug-likeness (QED) is 0.476. The zero-order chi connectivity index (χ0) is 16.4. The van der Waals surface area contributed by atoms with E-state index in [-0.39, 0.29) is 0 Å². The van der Waals surface area contributed by atoms with E-state index in [1.807, 2.05) is 0 Å². The Labute approximate surface area is 151 Å². The molecule has 0 aliphatic carbocycles. The van der Waals surface area contributed by atoms with Crippen molar-refractivity contribution in [3.05, 3.63) is 80.9 Å². The van der Waals surface area contributed by atoms with E-state index in [1.165, 1.54) is 37.1 Å². The van der Waals surface area contributed by atoms with Crippen molar-refractivity contribution in [2.24, 2.45) is 0 Å². The van der Waals surface area contributed by atoms with E-state index < -0.39 is 0 Å². The lowest BCUT2D eigenvalue weighted by molar-refractivity contribution is 1.31. The van der Waals surface area contributed by atoms with Crippen LogP contribution in [0.15, 0.2) is 60.7 Å². The van der Waals surface area contributed by atoms with Crippen molar-refractivity contribution >= 4 is 34.0 Å². The van der Waals surface area contributed by atoms with E-state index in [0.717, 1.165) is 5.69 Å². The minimum atomic E-state index is 1.15. The van der Waals surface area contributed by atoms with Crippen molar-refractivity contribution in [3.8, 4) is 11.1 Å². The topological polar surface area (TPSA) is 12.0 Å². The average Bonchev–Trinajstić information content (AvgIpc) is 2.52. The first-order valence-corrected chi connectivity index (χ1v) is 8.83.